The van der Waals surface area contributed by atoms with Crippen molar-refractivity contribution in [3.05, 3.63) is 29.1 Å². The average Bonchev–Trinajstić information content (AvgIpc) is 3.13. The lowest BCUT2D eigenvalue weighted by Gasteiger charge is -2.09. The lowest BCUT2D eigenvalue weighted by Crippen LogP contribution is -2.01. The molecular formula is C13H14ClN3O2. The van der Waals surface area contributed by atoms with Gasteiger partial charge in [0.05, 0.1) is 18.7 Å². The van der Waals surface area contributed by atoms with Crippen LogP contribution in [0.2, 0.25) is 5.02 Å². The molecule has 1 aliphatic rings. The number of halogens is 1. The van der Waals surface area contributed by atoms with Gasteiger partial charge in [0.1, 0.15) is 5.75 Å². The number of hydrogen-bond donors (Lipinski definition) is 1. The summed E-state index contributed by atoms with van der Waals surface area (Å²) in [5.41, 5.74) is 6.20. The van der Waals surface area contributed by atoms with Crippen molar-refractivity contribution in [2.45, 2.75) is 19.4 Å². The van der Waals surface area contributed by atoms with Crippen molar-refractivity contribution in [1.82, 2.24) is 10.1 Å². The molecule has 2 N–H and O–H groups in total. The second-order valence-corrected chi connectivity index (χ2v) is 5.05. The van der Waals surface area contributed by atoms with Crippen LogP contribution in [0, 0.1) is 5.92 Å². The van der Waals surface area contributed by atoms with E-state index in [9.17, 15) is 0 Å². The minimum absolute atomic E-state index is 0.214. The number of hydrogen-bond acceptors (Lipinski definition) is 5. The maximum Gasteiger partial charge on any atom is 0.240 e. The first-order valence-corrected chi connectivity index (χ1v) is 6.59. The fourth-order valence-electron chi connectivity index (χ4n) is 1.74. The predicted molar refractivity (Wildman–Crippen MR) is 70.9 cm³/mol. The van der Waals surface area contributed by atoms with Crippen molar-refractivity contribution in [2.24, 2.45) is 11.7 Å². The summed E-state index contributed by atoms with van der Waals surface area (Å²) < 4.78 is 10.8. The minimum atomic E-state index is 0.214. The molecule has 2 aromatic rings. The van der Waals surface area contributed by atoms with Crippen LogP contribution in [0.4, 0.5) is 0 Å². The number of ether oxygens (including phenoxy) is 1. The van der Waals surface area contributed by atoms with Crippen molar-refractivity contribution >= 4 is 11.6 Å². The molecule has 1 aromatic heterocycles. The third-order valence-electron chi connectivity index (χ3n) is 3.00. The monoisotopic (exact) mass is 279 g/mol. The molecule has 0 saturated heterocycles. The van der Waals surface area contributed by atoms with Crippen LogP contribution in [0.3, 0.4) is 0 Å². The summed E-state index contributed by atoms with van der Waals surface area (Å²) >= 11 is 6.02. The van der Waals surface area contributed by atoms with Crippen molar-refractivity contribution in [2.75, 3.05) is 6.61 Å². The maximum absolute atomic E-state index is 6.02. The van der Waals surface area contributed by atoms with Crippen LogP contribution in [-0.2, 0) is 6.54 Å². The highest BCUT2D eigenvalue weighted by Crippen LogP contribution is 2.34. The average molecular weight is 280 g/mol. The maximum atomic E-state index is 6.02. The van der Waals surface area contributed by atoms with Gasteiger partial charge in [-0.1, -0.05) is 16.8 Å². The highest BCUT2D eigenvalue weighted by Gasteiger charge is 2.23. The molecule has 1 saturated carbocycles. The zero-order chi connectivity index (χ0) is 13.2. The minimum Gasteiger partial charge on any atom is -0.493 e. The molecule has 5 nitrogen and oxygen atoms in total. The van der Waals surface area contributed by atoms with Gasteiger partial charge in [0, 0.05) is 5.02 Å². The van der Waals surface area contributed by atoms with Crippen LogP contribution in [-0.4, -0.2) is 16.7 Å². The molecule has 0 aliphatic heterocycles. The molecule has 1 aliphatic carbocycles. The highest BCUT2D eigenvalue weighted by molar-refractivity contribution is 6.30. The topological polar surface area (TPSA) is 74.2 Å². The Balaban J connectivity index is 1.89. The number of nitrogens with two attached hydrogens (primary N) is 1. The number of nitrogens with zero attached hydrogens (tertiary/aromatic N) is 2. The van der Waals surface area contributed by atoms with Gasteiger partial charge in [0.2, 0.25) is 11.7 Å². The molecule has 100 valence electrons. The van der Waals surface area contributed by atoms with Gasteiger partial charge in [-0.15, -0.1) is 0 Å². The Kier molecular flexibility index (Phi) is 3.40. The van der Waals surface area contributed by atoms with E-state index in [0.29, 0.717) is 22.7 Å². The molecule has 0 spiro atoms. The van der Waals surface area contributed by atoms with E-state index in [2.05, 4.69) is 10.1 Å². The summed E-state index contributed by atoms with van der Waals surface area (Å²) in [7, 11) is 0. The molecular weight excluding hydrogens is 266 g/mol. The third-order valence-corrected chi connectivity index (χ3v) is 3.23. The summed E-state index contributed by atoms with van der Waals surface area (Å²) in [5, 5.41) is 4.50. The van der Waals surface area contributed by atoms with Gasteiger partial charge in [-0.05, 0) is 37.0 Å². The van der Waals surface area contributed by atoms with Gasteiger partial charge in [-0.3, -0.25) is 0 Å². The van der Waals surface area contributed by atoms with Gasteiger partial charge in [-0.25, -0.2) is 0 Å². The predicted octanol–water partition coefficient (Wildman–Crippen LogP) is 2.64. The van der Waals surface area contributed by atoms with Crippen LogP contribution in [0.1, 0.15) is 18.7 Å². The highest BCUT2D eigenvalue weighted by atomic mass is 35.5. The van der Waals surface area contributed by atoms with E-state index in [4.69, 9.17) is 26.6 Å². The summed E-state index contributed by atoms with van der Waals surface area (Å²) in [6.45, 7) is 0.933. The zero-order valence-corrected chi connectivity index (χ0v) is 11.1. The van der Waals surface area contributed by atoms with Gasteiger partial charge in [0.15, 0.2) is 0 Å². The molecule has 1 aromatic carbocycles. The number of rotatable bonds is 5. The smallest absolute Gasteiger partial charge is 0.240 e. The lowest BCUT2D eigenvalue weighted by molar-refractivity contribution is 0.300. The first-order valence-electron chi connectivity index (χ1n) is 6.21. The van der Waals surface area contributed by atoms with Gasteiger partial charge >= 0.3 is 0 Å². The Labute approximate surface area is 115 Å². The lowest BCUT2D eigenvalue weighted by atomic mass is 10.2. The molecule has 1 fully saturated rings. The summed E-state index contributed by atoms with van der Waals surface area (Å²) in [6.07, 6.45) is 2.48. The van der Waals surface area contributed by atoms with E-state index in [1.807, 2.05) is 6.07 Å². The summed E-state index contributed by atoms with van der Waals surface area (Å²) in [4.78, 5) is 4.20. The number of benzene rings is 1. The fourth-order valence-corrected chi connectivity index (χ4v) is 1.91. The molecule has 0 amide bonds. The molecule has 0 unspecified atom stereocenters. The first kappa shape index (κ1) is 12.4. The molecule has 6 heteroatoms. The van der Waals surface area contributed by atoms with Crippen LogP contribution in [0.15, 0.2) is 22.7 Å². The standard InChI is InChI=1S/C13H14ClN3O2/c14-9-3-4-11(18-7-8-1-2-8)10(5-9)13-16-12(6-15)19-17-13/h3-5,8H,1-2,6-7,15H2. The van der Waals surface area contributed by atoms with E-state index < -0.39 is 0 Å². The second-order valence-electron chi connectivity index (χ2n) is 4.61. The van der Waals surface area contributed by atoms with Crippen molar-refractivity contribution in [3.63, 3.8) is 0 Å². The molecule has 3 rings (SSSR count). The molecule has 0 atom stereocenters. The Hall–Kier alpha value is -1.59. The number of aromatic nitrogens is 2. The summed E-state index contributed by atoms with van der Waals surface area (Å²) in [5.74, 6) is 2.24. The largest absolute Gasteiger partial charge is 0.493 e. The van der Waals surface area contributed by atoms with E-state index in [1.54, 1.807) is 12.1 Å². The van der Waals surface area contributed by atoms with Crippen molar-refractivity contribution in [1.29, 1.82) is 0 Å². The van der Waals surface area contributed by atoms with Gasteiger partial charge in [0.25, 0.3) is 0 Å². The van der Waals surface area contributed by atoms with E-state index in [1.165, 1.54) is 12.8 Å². The first-order chi connectivity index (χ1) is 9.26. The van der Waals surface area contributed by atoms with Gasteiger partial charge in [-0.2, -0.15) is 4.98 Å². The Morgan fingerprint density at radius 1 is 1.42 bits per heavy atom. The SMILES string of the molecule is NCc1nc(-c2cc(Cl)ccc2OCC2CC2)no1. The fraction of sp³-hybridized carbons (Fsp3) is 0.385. The summed E-state index contributed by atoms with van der Waals surface area (Å²) in [6, 6.07) is 5.39. The normalized spacial score (nSPS) is 14.6. The third kappa shape index (κ3) is 2.88. The van der Waals surface area contributed by atoms with Crippen LogP contribution >= 0.6 is 11.6 Å². The molecule has 19 heavy (non-hydrogen) atoms. The van der Waals surface area contributed by atoms with E-state index >= 15 is 0 Å². The van der Waals surface area contributed by atoms with Crippen molar-refractivity contribution in [3.8, 4) is 17.1 Å². The molecule has 1 heterocycles. The second kappa shape index (κ2) is 5.19. The van der Waals surface area contributed by atoms with Gasteiger partial charge < -0.3 is 15.0 Å². The zero-order valence-electron chi connectivity index (χ0n) is 10.3. The Morgan fingerprint density at radius 2 is 2.26 bits per heavy atom. The van der Waals surface area contributed by atoms with Crippen LogP contribution < -0.4 is 10.5 Å². The van der Waals surface area contributed by atoms with Crippen molar-refractivity contribution < 1.29 is 9.26 Å². The molecule has 0 radical (unpaired) electrons. The Bertz CT molecular complexity index is 581. The molecule has 0 bridgehead atoms. The van der Waals surface area contributed by atoms with Crippen LogP contribution in [0.5, 0.6) is 5.75 Å². The van der Waals surface area contributed by atoms with Crippen LogP contribution in [0.25, 0.3) is 11.4 Å². The van der Waals surface area contributed by atoms with E-state index in [-0.39, 0.29) is 6.54 Å². The Morgan fingerprint density at radius 3 is 2.95 bits per heavy atom. The quantitative estimate of drug-likeness (QED) is 0.911. The van der Waals surface area contributed by atoms with E-state index in [0.717, 1.165) is 17.9 Å².